The summed E-state index contributed by atoms with van der Waals surface area (Å²) in [5, 5.41) is 3.71. The second-order valence-electron chi connectivity index (χ2n) is 9.53. The minimum atomic E-state index is -3.79. The van der Waals surface area contributed by atoms with Gasteiger partial charge >= 0.3 is 0 Å². The Kier molecular flexibility index (Phi) is 9.62. The van der Waals surface area contributed by atoms with E-state index in [9.17, 15) is 18.0 Å². The number of hydrogen-bond donors (Lipinski definition) is 1. The largest absolute Gasteiger partial charge is 0.350 e. The van der Waals surface area contributed by atoms with E-state index in [4.69, 9.17) is 23.2 Å². The van der Waals surface area contributed by atoms with Crippen molar-refractivity contribution in [3.8, 4) is 0 Å². The van der Waals surface area contributed by atoms with Gasteiger partial charge in [-0.2, -0.15) is 0 Å². The van der Waals surface area contributed by atoms with Crippen LogP contribution in [0, 0.1) is 6.92 Å². The van der Waals surface area contributed by atoms with Gasteiger partial charge in [0.1, 0.15) is 12.6 Å². The number of rotatable bonds is 9. The third-order valence-electron chi connectivity index (χ3n) is 5.21. The molecule has 0 fully saturated rings. The molecule has 0 bridgehead atoms. The van der Waals surface area contributed by atoms with Crippen LogP contribution in [0.5, 0.6) is 0 Å². The van der Waals surface area contributed by atoms with Crippen LogP contribution in [-0.4, -0.2) is 49.5 Å². The Morgan fingerprint density at radius 1 is 1.09 bits per heavy atom. The second kappa shape index (κ2) is 11.6. The Morgan fingerprint density at radius 2 is 1.74 bits per heavy atom. The van der Waals surface area contributed by atoms with Crippen LogP contribution in [0.1, 0.15) is 45.2 Å². The number of amides is 2. The Morgan fingerprint density at radius 3 is 2.26 bits per heavy atom. The summed E-state index contributed by atoms with van der Waals surface area (Å²) in [7, 11) is -3.79. The van der Waals surface area contributed by atoms with Gasteiger partial charge in [-0.1, -0.05) is 48.3 Å². The van der Waals surface area contributed by atoms with Gasteiger partial charge in [-0.15, -0.1) is 0 Å². The number of anilines is 1. The van der Waals surface area contributed by atoms with Crippen LogP contribution in [-0.2, 0) is 26.2 Å². The summed E-state index contributed by atoms with van der Waals surface area (Å²) < 4.78 is 26.4. The van der Waals surface area contributed by atoms with Gasteiger partial charge < -0.3 is 10.2 Å². The van der Waals surface area contributed by atoms with Crippen LogP contribution in [0.2, 0.25) is 10.0 Å². The predicted octanol–water partition coefficient (Wildman–Crippen LogP) is 4.79. The van der Waals surface area contributed by atoms with Crippen LogP contribution >= 0.6 is 23.2 Å². The summed E-state index contributed by atoms with van der Waals surface area (Å²) in [6.07, 6.45) is 1.37. The summed E-state index contributed by atoms with van der Waals surface area (Å²) in [5.74, 6) is -0.862. The Hall–Kier alpha value is -2.29. The Bertz CT molecular complexity index is 1180. The zero-order valence-electron chi connectivity index (χ0n) is 20.9. The molecule has 0 saturated heterocycles. The van der Waals surface area contributed by atoms with E-state index in [1.807, 2.05) is 33.8 Å². The van der Waals surface area contributed by atoms with Gasteiger partial charge in [-0.05, 0) is 69.5 Å². The molecule has 0 saturated carbocycles. The van der Waals surface area contributed by atoms with E-state index in [2.05, 4.69) is 5.32 Å². The highest BCUT2D eigenvalue weighted by atomic mass is 35.5. The highest BCUT2D eigenvalue weighted by molar-refractivity contribution is 7.92. The van der Waals surface area contributed by atoms with Crippen molar-refractivity contribution in [1.82, 2.24) is 10.2 Å². The predicted molar refractivity (Wildman–Crippen MR) is 142 cm³/mol. The second-order valence-corrected chi connectivity index (χ2v) is 12.3. The third-order valence-corrected chi connectivity index (χ3v) is 6.94. The maximum Gasteiger partial charge on any atom is 0.244 e. The molecule has 0 radical (unpaired) electrons. The molecule has 1 N–H and O–H groups in total. The molecule has 0 heterocycles. The fraction of sp³-hybridized carbons (Fsp3) is 0.440. The van der Waals surface area contributed by atoms with Gasteiger partial charge in [0, 0.05) is 22.1 Å². The molecule has 0 aliphatic rings. The van der Waals surface area contributed by atoms with Crippen molar-refractivity contribution in [2.24, 2.45) is 0 Å². The summed E-state index contributed by atoms with van der Waals surface area (Å²) >= 11 is 12.4. The quantitative estimate of drug-likeness (QED) is 0.494. The molecule has 2 rings (SSSR count). The van der Waals surface area contributed by atoms with Crippen LogP contribution in [0.3, 0.4) is 0 Å². The number of benzene rings is 2. The average Bonchev–Trinajstić information content (AvgIpc) is 2.71. The van der Waals surface area contributed by atoms with E-state index >= 15 is 0 Å². The van der Waals surface area contributed by atoms with E-state index in [0.717, 1.165) is 16.1 Å². The Labute approximate surface area is 218 Å². The standard InChI is InChI=1S/C25H33Cl2N3O4S/c1-7-22(24(32)28-25(3,4)5)29(15-18-11-12-19(26)14-21(18)27)23(31)16-30(35(6,33)34)20-10-8-9-17(2)13-20/h8-14,22H,7,15-16H2,1-6H3,(H,28,32)/t22-/m0/s1. The molecule has 7 nitrogen and oxygen atoms in total. The van der Waals surface area contributed by atoms with Crippen LogP contribution in [0.25, 0.3) is 0 Å². The van der Waals surface area contributed by atoms with Gasteiger partial charge in [-0.25, -0.2) is 8.42 Å². The summed E-state index contributed by atoms with van der Waals surface area (Å²) in [6, 6.07) is 10.9. The molecule has 0 aromatic heterocycles. The molecule has 0 unspecified atom stereocenters. The molecule has 35 heavy (non-hydrogen) atoms. The monoisotopic (exact) mass is 541 g/mol. The molecule has 1 atom stereocenters. The summed E-state index contributed by atoms with van der Waals surface area (Å²) in [6.45, 7) is 8.73. The van der Waals surface area contributed by atoms with Crippen molar-refractivity contribution in [3.05, 3.63) is 63.6 Å². The van der Waals surface area contributed by atoms with Crippen LogP contribution in [0.15, 0.2) is 42.5 Å². The maximum absolute atomic E-state index is 13.7. The van der Waals surface area contributed by atoms with Crippen molar-refractivity contribution in [3.63, 3.8) is 0 Å². The zero-order valence-corrected chi connectivity index (χ0v) is 23.3. The van der Waals surface area contributed by atoms with E-state index in [1.54, 1.807) is 43.3 Å². The van der Waals surface area contributed by atoms with Crippen molar-refractivity contribution in [2.75, 3.05) is 17.1 Å². The lowest BCUT2D eigenvalue weighted by Crippen LogP contribution is -2.55. The first-order valence-electron chi connectivity index (χ1n) is 11.2. The van der Waals surface area contributed by atoms with E-state index < -0.39 is 34.1 Å². The van der Waals surface area contributed by atoms with E-state index in [-0.39, 0.29) is 12.5 Å². The average molecular weight is 543 g/mol. The number of carbonyl (C=O) groups is 2. The molecule has 0 aliphatic heterocycles. The number of halogens is 2. The molecule has 192 valence electrons. The molecule has 2 amide bonds. The molecular weight excluding hydrogens is 509 g/mol. The van der Waals surface area contributed by atoms with Crippen molar-refractivity contribution in [1.29, 1.82) is 0 Å². The van der Waals surface area contributed by atoms with Crippen molar-refractivity contribution < 1.29 is 18.0 Å². The third kappa shape index (κ3) is 8.40. The lowest BCUT2D eigenvalue weighted by Gasteiger charge is -2.34. The van der Waals surface area contributed by atoms with Gasteiger partial charge in [0.05, 0.1) is 11.9 Å². The van der Waals surface area contributed by atoms with E-state index in [1.165, 1.54) is 4.90 Å². The number of carbonyl (C=O) groups excluding carboxylic acids is 2. The minimum Gasteiger partial charge on any atom is -0.350 e. The molecule has 0 spiro atoms. The van der Waals surface area contributed by atoms with Crippen molar-refractivity contribution in [2.45, 2.75) is 59.2 Å². The zero-order chi connectivity index (χ0) is 26.6. The number of sulfonamides is 1. The highest BCUT2D eigenvalue weighted by Crippen LogP contribution is 2.25. The SMILES string of the molecule is CC[C@@H](C(=O)NC(C)(C)C)N(Cc1ccc(Cl)cc1Cl)C(=O)CN(c1cccc(C)c1)S(C)(=O)=O. The lowest BCUT2D eigenvalue weighted by molar-refractivity contribution is -0.141. The van der Waals surface area contributed by atoms with Crippen LogP contribution in [0.4, 0.5) is 5.69 Å². The molecule has 0 aliphatic carbocycles. The number of hydrogen-bond acceptors (Lipinski definition) is 4. The number of nitrogens with zero attached hydrogens (tertiary/aromatic N) is 2. The van der Waals surface area contributed by atoms with E-state index in [0.29, 0.717) is 27.7 Å². The van der Waals surface area contributed by atoms with Gasteiger partial charge in [0.25, 0.3) is 0 Å². The number of nitrogens with one attached hydrogen (secondary N) is 1. The lowest BCUT2D eigenvalue weighted by atomic mass is 10.1. The normalized spacial score (nSPS) is 12.7. The molecule has 2 aromatic carbocycles. The van der Waals surface area contributed by atoms with Gasteiger partial charge in [0.2, 0.25) is 21.8 Å². The van der Waals surface area contributed by atoms with Crippen LogP contribution < -0.4 is 9.62 Å². The summed E-state index contributed by atoms with van der Waals surface area (Å²) in [5.41, 5.74) is 1.30. The van der Waals surface area contributed by atoms with Gasteiger partial charge in [0.15, 0.2) is 0 Å². The van der Waals surface area contributed by atoms with Gasteiger partial charge in [-0.3, -0.25) is 13.9 Å². The first-order valence-corrected chi connectivity index (χ1v) is 13.8. The first-order chi connectivity index (χ1) is 16.1. The fourth-order valence-corrected chi connectivity index (χ4v) is 4.91. The maximum atomic E-state index is 13.7. The summed E-state index contributed by atoms with van der Waals surface area (Å²) in [4.78, 5) is 28.2. The van der Waals surface area contributed by atoms with Crippen molar-refractivity contribution >= 4 is 50.7 Å². The smallest absolute Gasteiger partial charge is 0.244 e. The molecular formula is C25H33Cl2N3O4S. The Balaban J connectivity index is 2.50. The fourth-order valence-electron chi connectivity index (χ4n) is 3.60. The molecule has 2 aromatic rings. The number of aryl methyl sites for hydroxylation is 1. The topological polar surface area (TPSA) is 86.8 Å². The minimum absolute atomic E-state index is 0.0102. The first kappa shape index (κ1) is 28.9. The highest BCUT2D eigenvalue weighted by Gasteiger charge is 2.33. The molecule has 10 heteroatoms.